The summed E-state index contributed by atoms with van der Waals surface area (Å²) < 4.78 is 36.7. The van der Waals surface area contributed by atoms with Gasteiger partial charge in [0, 0.05) is 24.5 Å². The highest BCUT2D eigenvalue weighted by Crippen LogP contribution is 2.24. The summed E-state index contributed by atoms with van der Waals surface area (Å²) in [5.74, 6) is -0.468. The van der Waals surface area contributed by atoms with Gasteiger partial charge < -0.3 is 5.32 Å². The molecule has 0 heterocycles. The molecule has 3 rings (SSSR count). The normalized spacial score (nSPS) is 15.4. The highest BCUT2D eigenvalue weighted by Gasteiger charge is 2.23. The maximum absolute atomic E-state index is 13.2. The minimum absolute atomic E-state index is 0.172. The fraction of sp³-hybridized carbons (Fsp3) is 0.409. The summed E-state index contributed by atoms with van der Waals surface area (Å²) in [4.78, 5) is 15.0. The van der Waals surface area contributed by atoms with Gasteiger partial charge in [0.25, 0.3) is 0 Å². The molecular formula is C22H27FN2O3S. The summed E-state index contributed by atoms with van der Waals surface area (Å²) in [7, 11) is -3.34. The molecule has 1 fully saturated rings. The second-order valence-electron chi connectivity index (χ2n) is 7.67. The van der Waals surface area contributed by atoms with Gasteiger partial charge >= 0.3 is 0 Å². The van der Waals surface area contributed by atoms with Gasteiger partial charge in [-0.25, -0.2) is 12.8 Å². The van der Waals surface area contributed by atoms with Crippen molar-refractivity contribution in [2.24, 2.45) is 0 Å². The molecule has 156 valence electrons. The van der Waals surface area contributed by atoms with Crippen molar-refractivity contribution in [2.75, 3.05) is 18.1 Å². The molecule has 0 spiro atoms. The molecule has 0 unspecified atom stereocenters. The zero-order chi connectivity index (χ0) is 20.9. The number of anilines is 1. The van der Waals surface area contributed by atoms with Crippen molar-refractivity contribution in [1.82, 2.24) is 4.90 Å². The van der Waals surface area contributed by atoms with Crippen molar-refractivity contribution in [2.45, 2.75) is 49.6 Å². The summed E-state index contributed by atoms with van der Waals surface area (Å²) in [6.07, 6.45) is 6.72. The van der Waals surface area contributed by atoms with Crippen LogP contribution in [0.1, 0.15) is 37.7 Å². The molecule has 7 heteroatoms. The van der Waals surface area contributed by atoms with Crippen molar-refractivity contribution in [1.29, 1.82) is 0 Å². The van der Waals surface area contributed by atoms with E-state index in [-0.39, 0.29) is 23.2 Å². The van der Waals surface area contributed by atoms with Crippen molar-refractivity contribution < 1.29 is 17.6 Å². The molecule has 0 aromatic heterocycles. The second kappa shape index (κ2) is 9.50. The lowest BCUT2D eigenvalue weighted by Gasteiger charge is -2.34. The number of carbonyl (C=O) groups is 1. The van der Waals surface area contributed by atoms with Gasteiger partial charge in [0.15, 0.2) is 9.84 Å². The van der Waals surface area contributed by atoms with E-state index < -0.39 is 9.84 Å². The van der Waals surface area contributed by atoms with Crippen molar-refractivity contribution in [3.8, 4) is 0 Å². The van der Waals surface area contributed by atoms with Crippen molar-refractivity contribution in [3.05, 3.63) is 59.9 Å². The summed E-state index contributed by atoms with van der Waals surface area (Å²) in [5.41, 5.74) is 1.42. The molecular weight excluding hydrogens is 391 g/mol. The van der Waals surface area contributed by atoms with E-state index in [1.807, 2.05) is 0 Å². The van der Waals surface area contributed by atoms with Crippen molar-refractivity contribution >= 4 is 21.4 Å². The standard InChI is InChI=1S/C22H27FN2O3S/c1-29(27,28)21-9-5-6-19(14-21)24-22(26)16-25(20-7-3-2-4-8-20)15-17-10-12-18(23)13-11-17/h5-6,9-14,20H,2-4,7-8,15-16H2,1H3,(H,24,26). The fourth-order valence-corrected chi connectivity index (χ4v) is 4.44. The first-order valence-electron chi connectivity index (χ1n) is 9.90. The van der Waals surface area contributed by atoms with Crippen LogP contribution in [0.5, 0.6) is 0 Å². The van der Waals surface area contributed by atoms with Crippen LogP contribution in [0.25, 0.3) is 0 Å². The number of nitrogens with one attached hydrogen (secondary N) is 1. The molecule has 5 nitrogen and oxygen atoms in total. The molecule has 2 aromatic rings. The number of nitrogens with zero attached hydrogens (tertiary/aromatic N) is 1. The fourth-order valence-electron chi connectivity index (χ4n) is 3.77. The van der Waals surface area contributed by atoms with Gasteiger partial charge in [-0.15, -0.1) is 0 Å². The smallest absolute Gasteiger partial charge is 0.238 e. The first kappa shape index (κ1) is 21.5. The largest absolute Gasteiger partial charge is 0.325 e. The van der Waals surface area contributed by atoms with E-state index in [1.54, 1.807) is 24.3 Å². The topological polar surface area (TPSA) is 66.5 Å². The maximum atomic E-state index is 13.2. The molecule has 1 aliphatic rings. The Kier molecular flexibility index (Phi) is 7.03. The highest BCUT2D eigenvalue weighted by atomic mass is 32.2. The summed E-state index contributed by atoms with van der Waals surface area (Å²) in [6, 6.07) is 12.9. The number of hydrogen-bond acceptors (Lipinski definition) is 4. The Labute approximate surface area is 171 Å². The zero-order valence-electron chi connectivity index (χ0n) is 16.6. The van der Waals surface area contributed by atoms with E-state index in [9.17, 15) is 17.6 Å². The van der Waals surface area contributed by atoms with Crippen LogP contribution < -0.4 is 5.32 Å². The number of rotatable bonds is 7. The molecule has 0 aliphatic heterocycles. The minimum Gasteiger partial charge on any atom is -0.325 e. The van der Waals surface area contributed by atoms with E-state index in [1.165, 1.54) is 30.7 Å². The van der Waals surface area contributed by atoms with Gasteiger partial charge in [0.05, 0.1) is 11.4 Å². The van der Waals surface area contributed by atoms with Crippen LogP contribution in [0.15, 0.2) is 53.4 Å². The molecule has 0 saturated heterocycles. The number of carbonyl (C=O) groups excluding carboxylic acids is 1. The molecule has 0 radical (unpaired) electrons. The average molecular weight is 419 g/mol. The van der Waals surface area contributed by atoms with E-state index in [0.717, 1.165) is 37.5 Å². The number of hydrogen-bond donors (Lipinski definition) is 1. The van der Waals surface area contributed by atoms with E-state index in [4.69, 9.17) is 0 Å². The lowest BCUT2D eigenvalue weighted by atomic mass is 9.93. The Morgan fingerprint density at radius 2 is 1.79 bits per heavy atom. The molecule has 0 bridgehead atoms. The van der Waals surface area contributed by atoms with Crippen LogP contribution in [0.3, 0.4) is 0 Å². The van der Waals surface area contributed by atoms with Gasteiger partial charge in [-0.05, 0) is 48.7 Å². The second-order valence-corrected chi connectivity index (χ2v) is 9.69. The van der Waals surface area contributed by atoms with E-state index in [0.29, 0.717) is 18.3 Å². The molecule has 1 aliphatic carbocycles. The zero-order valence-corrected chi connectivity index (χ0v) is 17.4. The Balaban J connectivity index is 1.71. The average Bonchev–Trinajstić information content (AvgIpc) is 2.69. The van der Waals surface area contributed by atoms with Crippen LogP contribution >= 0.6 is 0 Å². The van der Waals surface area contributed by atoms with Gasteiger partial charge in [0.1, 0.15) is 5.82 Å². The minimum atomic E-state index is -3.34. The van der Waals surface area contributed by atoms with Crippen LogP contribution in [-0.4, -0.2) is 38.1 Å². The highest BCUT2D eigenvalue weighted by molar-refractivity contribution is 7.90. The lowest BCUT2D eigenvalue weighted by Crippen LogP contribution is -2.41. The van der Waals surface area contributed by atoms with Crippen LogP contribution in [0.2, 0.25) is 0 Å². The maximum Gasteiger partial charge on any atom is 0.238 e. The van der Waals surface area contributed by atoms with Gasteiger partial charge in [-0.3, -0.25) is 9.69 Å². The predicted octanol–water partition coefficient (Wildman–Crippen LogP) is 4.00. The number of halogens is 1. The third-order valence-corrected chi connectivity index (χ3v) is 6.39. The molecule has 2 aromatic carbocycles. The summed E-state index contributed by atoms with van der Waals surface area (Å²) in [5, 5.41) is 2.81. The molecule has 29 heavy (non-hydrogen) atoms. The first-order chi connectivity index (χ1) is 13.8. The van der Waals surface area contributed by atoms with E-state index in [2.05, 4.69) is 10.2 Å². The predicted molar refractivity (Wildman–Crippen MR) is 112 cm³/mol. The Bertz CT molecular complexity index is 939. The third kappa shape index (κ3) is 6.37. The number of amides is 1. The first-order valence-corrected chi connectivity index (χ1v) is 11.8. The van der Waals surface area contributed by atoms with Crippen molar-refractivity contribution in [3.63, 3.8) is 0 Å². The van der Waals surface area contributed by atoms with Gasteiger partial charge in [0.2, 0.25) is 5.91 Å². The molecule has 1 N–H and O–H groups in total. The molecule has 1 saturated carbocycles. The van der Waals surface area contributed by atoms with Crippen LogP contribution in [0, 0.1) is 5.82 Å². The Morgan fingerprint density at radius 1 is 1.10 bits per heavy atom. The monoisotopic (exact) mass is 418 g/mol. The molecule has 1 amide bonds. The summed E-state index contributed by atoms with van der Waals surface area (Å²) >= 11 is 0. The lowest BCUT2D eigenvalue weighted by molar-refractivity contribution is -0.118. The third-order valence-electron chi connectivity index (χ3n) is 5.28. The van der Waals surface area contributed by atoms with Crippen LogP contribution in [0.4, 0.5) is 10.1 Å². The number of sulfone groups is 1. The van der Waals surface area contributed by atoms with Gasteiger partial charge in [-0.2, -0.15) is 0 Å². The molecule has 0 atom stereocenters. The SMILES string of the molecule is CS(=O)(=O)c1cccc(NC(=O)CN(Cc2ccc(F)cc2)C2CCCCC2)c1. The van der Waals surface area contributed by atoms with E-state index >= 15 is 0 Å². The Morgan fingerprint density at radius 3 is 2.45 bits per heavy atom. The number of benzene rings is 2. The Hall–Kier alpha value is -2.25. The van der Waals surface area contributed by atoms with Crippen LogP contribution in [-0.2, 0) is 21.2 Å². The summed E-state index contributed by atoms with van der Waals surface area (Å²) in [6.45, 7) is 0.771. The quantitative estimate of drug-likeness (QED) is 0.738. The van der Waals surface area contributed by atoms with Gasteiger partial charge in [-0.1, -0.05) is 37.5 Å².